The van der Waals surface area contributed by atoms with Crippen molar-refractivity contribution < 1.29 is 9.63 Å². The van der Waals surface area contributed by atoms with Crippen LogP contribution in [0.3, 0.4) is 0 Å². The van der Waals surface area contributed by atoms with Gasteiger partial charge in [-0.05, 0) is 18.6 Å². The Kier molecular flexibility index (Phi) is 4.50. The Bertz CT molecular complexity index is 561. The van der Waals surface area contributed by atoms with Gasteiger partial charge in [0, 0.05) is 17.0 Å². The maximum absolute atomic E-state index is 9.59. The molecule has 0 saturated carbocycles. The molecular weight excluding hydrogens is 285 g/mol. The van der Waals surface area contributed by atoms with Crippen LogP contribution in [0.5, 0.6) is 0 Å². The van der Waals surface area contributed by atoms with Gasteiger partial charge in [-0.1, -0.05) is 48.3 Å². The van der Waals surface area contributed by atoms with Crippen molar-refractivity contribution in [2.24, 2.45) is 0 Å². The highest BCUT2D eigenvalue weighted by atomic mass is 35.5. The predicted molar refractivity (Wildman–Crippen MR) is 76.6 cm³/mol. The summed E-state index contributed by atoms with van der Waals surface area (Å²) in [6, 6.07) is 5.24. The number of benzene rings is 1. The van der Waals surface area contributed by atoms with Crippen molar-refractivity contribution in [3.8, 4) is 11.3 Å². The molecule has 0 aliphatic heterocycles. The molecule has 0 spiro atoms. The van der Waals surface area contributed by atoms with Crippen LogP contribution in [0.15, 0.2) is 22.7 Å². The van der Waals surface area contributed by atoms with E-state index in [1.807, 2.05) is 6.92 Å². The maximum Gasteiger partial charge on any atom is 0.145 e. The van der Waals surface area contributed by atoms with E-state index in [1.54, 1.807) is 18.2 Å². The van der Waals surface area contributed by atoms with Gasteiger partial charge < -0.3 is 9.63 Å². The highest BCUT2D eigenvalue weighted by Crippen LogP contribution is 2.38. The molecule has 1 heterocycles. The van der Waals surface area contributed by atoms with Crippen LogP contribution in [0.25, 0.3) is 11.3 Å². The maximum atomic E-state index is 9.59. The number of aromatic nitrogens is 1. The SMILES string of the molecule is CC[C@H](C)c1onc(-c2c(Cl)cccc2Cl)c1CO. The van der Waals surface area contributed by atoms with Gasteiger partial charge in [0.25, 0.3) is 0 Å². The molecule has 0 saturated heterocycles. The summed E-state index contributed by atoms with van der Waals surface area (Å²) in [5.74, 6) is 0.876. The first-order chi connectivity index (χ1) is 9.10. The van der Waals surface area contributed by atoms with Gasteiger partial charge in [-0.25, -0.2) is 0 Å². The quantitative estimate of drug-likeness (QED) is 0.893. The van der Waals surface area contributed by atoms with Gasteiger partial charge >= 0.3 is 0 Å². The lowest BCUT2D eigenvalue weighted by atomic mass is 9.98. The minimum atomic E-state index is -0.153. The lowest BCUT2D eigenvalue weighted by molar-refractivity contribution is 0.275. The molecule has 0 unspecified atom stereocenters. The molecule has 0 radical (unpaired) electrons. The molecule has 2 rings (SSSR count). The highest BCUT2D eigenvalue weighted by molar-refractivity contribution is 6.39. The molecule has 19 heavy (non-hydrogen) atoms. The van der Waals surface area contributed by atoms with Crippen LogP contribution in [0, 0.1) is 0 Å². The third-order valence-electron chi connectivity index (χ3n) is 3.24. The zero-order valence-corrected chi connectivity index (χ0v) is 12.3. The first-order valence-corrected chi connectivity index (χ1v) is 6.89. The molecule has 1 aromatic heterocycles. The van der Waals surface area contributed by atoms with Gasteiger partial charge in [0.2, 0.25) is 0 Å². The number of hydrogen-bond donors (Lipinski definition) is 1. The van der Waals surface area contributed by atoms with E-state index in [2.05, 4.69) is 12.1 Å². The summed E-state index contributed by atoms with van der Waals surface area (Å²) in [5.41, 5.74) is 1.78. The smallest absolute Gasteiger partial charge is 0.145 e. The Balaban J connectivity index is 2.60. The molecule has 1 aromatic carbocycles. The molecule has 0 aliphatic rings. The van der Waals surface area contributed by atoms with Crippen molar-refractivity contribution >= 4 is 23.2 Å². The first kappa shape index (κ1) is 14.4. The summed E-state index contributed by atoms with van der Waals surface area (Å²) in [6.07, 6.45) is 0.901. The molecule has 5 heteroatoms. The average Bonchev–Trinajstić information content (AvgIpc) is 2.81. The second-order valence-electron chi connectivity index (χ2n) is 4.44. The van der Waals surface area contributed by atoms with Crippen LogP contribution in [-0.4, -0.2) is 10.3 Å². The van der Waals surface area contributed by atoms with Gasteiger partial charge in [0.1, 0.15) is 11.5 Å². The lowest BCUT2D eigenvalue weighted by Crippen LogP contribution is -1.96. The Morgan fingerprint density at radius 3 is 2.47 bits per heavy atom. The molecular formula is C14H15Cl2NO2. The molecule has 0 fully saturated rings. The van der Waals surface area contributed by atoms with E-state index in [0.29, 0.717) is 32.6 Å². The van der Waals surface area contributed by atoms with Gasteiger partial charge in [-0.15, -0.1) is 0 Å². The van der Waals surface area contributed by atoms with Crippen molar-refractivity contribution in [3.05, 3.63) is 39.6 Å². The molecule has 3 nitrogen and oxygen atoms in total. The number of aliphatic hydroxyl groups excluding tert-OH is 1. The van der Waals surface area contributed by atoms with Gasteiger partial charge in [-0.2, -0.15) is 0 Å². The van der Waals surface area contributed by atoms with E-state index in [0.717, 1.165) is 6.42 Å². The number of nitrogens with zero attached hydrogens (tertiary/aromatic N) is 1. The van der Waals surface area contributed by atoms with E-state index in [1.165, 1.54) is 0 Å². The van der Waals surface area contributed by atoms with Crippen LogP contribution in [0.2, 0.25) is 10.0 Å². The van der Waals surface area contributed by atoms with Gasteiger partial charge in [-0.3, -0.25) is 0 Å². The zero-order chi connectivity index (χ0) is 14.0. The molecule has 1 atom stereocenters. The van der Waals surface area contributed by atoms with Crippen LogP contribution < -0.4 is 0 Å². The van der Waals surface area contributed by atoms with E-state index < -0.39 is 0 Å². The molecule has 2 aromatic rings. The van der Waals surface area contributed by atoms with E-state index in [4.69, 9.17) is 27.7 Å². The standard InChI is InChI=1S/C14H15Cl2NO2/c1-3-8(2)14-9(7-18)13(17-19-14)12-10(15)5-4-6-11(12)16/h4-6,8,18H,3,7H2,1-2H3/t8-/m0/s1. The molecule has 0 bridgehead atoms. The second-order valence-corrected chi connectivity index (χ2v) is 5.25. The fourth-order valence-electron chi connectivity index (χ4n) is 1.97. The summed E-state index contributed by atoms with van der Waals surface area (Å²) in [4.78, 5) is 0. The fourth-order valence-corrected chi connectivity index (χ4v) is 2.54. The topological polar surface area (TPSA) is 46.3 Å². The number of aliphatic hydroxyl groups is 1. The van der Waals surface area contributed by atoms with E-state index >= 15 is 0 Å². The Morgan fingerprint density at radius 2 is 1.95 bits per heavy atom. The van der Waals surface area contributed by atoms with Gasteiger partial charge in [0.05, 0.1) is 16.7 Å². The van der Waals surface area contributed by atoms with Crippen molar-refractivity contribution in [2.75, 3.05) is 0 Å². The Hall–Kier alpha value is -1.03. The molecule has 102 valence electrons. The number of halogens is 2. The van der Waals surface area contributed by atoms with Crippen molar-refractivity contribution in [1.82, 2.24) is 5.16 Å². The Labute approximate surface area is 122 Å². The normalized spacial score (nSPS) is 12.7. The largest absolute Gasteiger partial charge is 0.391 e. The summed E-state index contributed by atoms with van der Waals surface area (Å²) >= 11 is 12.3. The Morgan fingerprint density at radius 1 is 1.32 bits per heavy atom. The third kappa shape index (κ3) is 2.64. The summed E-state index contributed by atoms with van der Waals surface area (Å²) in [6.45, 7) is 3.92. The summed E-state index contributed by atoms with van der Waals surface area (Å²) in [7, 11) is 0. The predicted octanol–water partition coefficient (Wildman–Crippen LogP) is 4.65. The van der Waals surface area contributed by atoms with Gasteiger partial charge in [0.15, 0.2) is 0 Å². The minimum Gasteiger partial charge on any atom is -0.391 e. The monoisotopic (exact) mass is 299 g/mol. The van der Waals surface area contributed by atoms with Crippen molar-refractivity contribution in [2.45, 2.75) is 32.8 Å². The summed E-state index contributed by atoms with van der Waals surface area (Å²) < 4.78 is 5.38. The first-order valence-electron chi connectivity index (χ1n) is 6.13. The van der Waals surface area contributed by atoms with Crippen molar-refractivity contribution in [3.63, 3.8) is 0 Å². The van der Waals surface area contributed by atoms with Crippen LogP contribution in [0.1, 0.15) is 37.5 Å². The molecule has 1 N–H and O–H groups in total. The minimum absolute atomic E-state index is 0.153. The fraction of sp³-hybridized carbons (Fsp3) is 0.357. The summed E-state index contributed by atoms with van der Waals surface area (Å²) in [5, 5.41) is 14.6. The third-order valence-corrected chi connectivity index (χ3v) is 3.87. The highest BCUT2D eigenvalue weighted by Gasteiger charge is 2.23. The van der Waals surface area contributed by atoms with E-state index in [-0.39, 0.29) is 12.5 Å². The molecule has 0 amide bonds. The van der Waals surface area contributed by atoms with Crippen LogP contribution in [-0.2, 0) is 6.61 Å². The second kappa shape index (κ2) is 5.95. The zero-order valence-electron chi connectivity index (χ0n) is 10.8. The van der Waals surface area contributed by atoms with Crippen LogP contribution in [0.4, 0.5) is 0 Å². The lowest BCUT2D eigenvalue weighted by Gasteiger charge is -2.07. The average molecular weight is 300 g/mol. The number of rotatable bonds is 4. The van der Waals surface area contributed by atoms with Crippen molar-refractivity contribution in [1.29, 1.82) is 0 Å². The van der Waals surface area contributed by atoms with E-state index in [9.17, 15) is 5.11 Å². The molecule has 0 aliphatic carbocycles. The van der Waals surface area contributed by atoms with Crippen LogP contribution >= 0.6 is 23.2 Å². The number of hydrogen-bond acceptors (Lipinski definition) is 3.